The molecule has 0 heterocycles. The Morgan fingerprint density at radius 1 is 1.12 bits per heavy atom. The van der Waals surface area contributed by atoms with Crippen molar-refractivity contribution < 1.29 is 14.4 Å². The second-order valence-corrected chi connectivity index (χ2v) is 7.14. The number of carbonyl (C=O) groups excluding carboxylic acids is 3. The summed E-state index contributed by atoms with van der Waals surface area (Å²) in [6, 6.07) is 0. The van der Waals surface area contributed by atoms with E-state index in [2.05, 4.69) is 37.2 Å². The molecule has 0 aromatic rings. The average molecular weight is 385 g/mol. The number of nitrogens with zero attached hydrogens (tertiary/aromatic N) is 1. The van der Waals surface area contributed by atoms with Crippen molar-refractivity contribution in [2.24, 2.45) is 16.5 Å². The number of hydrogen-bond acceptors (Lipinski definition) is 6. The Kier molecular flexibility index (Phi) is 12.2. The topological polar surface area (TPSA) is 87.6 Å². The molecule has 25 heavy (non-hydrogen) atoms. The van der Waals surface area contributed by atoms with Crippen molar-refractivity contribution in [3.63, 3.8) is 0 Å². The standard InChI is InChI=1S/C16H29BN3O3PS/c21-12(5-4-10-25)11-18-9-3-8-15(22)13-6-1-2-7-14(13)16(23)19-17-20-24/h13-14,18,25H,1-11,24H2,(H,19,23)/t13-,14+/m0/s1. The molecule has 1 rings (SSSR count). The van der Waals surface area contributed by atoms with Crippen LogP contribution in [0.3, 0.4) is 0 Å². The minimum atomic E-state index is -0.250. The average Bonchev–Trinajstić information content (AvgIpc) is 2.63. The minimum absolute atomic E-state index is 0.114. The van der Waals surface area contributed by atoms with Gasteiger partial charge in [0.2, 0.25) is 0 Å². The van der Waals surface area contributed by atoms with Gasteiger partial charge in [-0.1, -0.05) is 0 Å². The molecule has 9 heteroatoms. The third-order valence-electron chi connectivity index (χ3n) is 4.51. The Morgan fingerprint density at radius 3 is 2.52 bits per heavy atom. The van der Waals surface area contributed by atoms with Crippen molar-refractivity contribution in [1.29, 1.82) is 0 Å². The summed E-state index contributed by atoms with van der Waals surface area (Å²) in [6.07, 6.45) is 6.00. The summed E-state index contributed by atoms with van der Waals surface area (Å²) < 4.78 is 3.68. The first-order chi connectivity index (χ1) is 12.1. The fraction of sp³-hybridized carbons (Fsp3) is 0.812. The first-order valence-electron chi connectivity index (χ1n) is 8.98. The normalized spacial score (nSPS) is 20.2. The predicted molar refractivity (Wildman–Crippen MR) is 107 cm³/mol. The SMILES string of the molecule is O=C(CCCS)CNCCCC(=O)[C@H]1CCCC[C@H]1C(=O)NB=NP. The monoisotopic (exact) mass is 385 g/mol. The second-order valence-electron chi connectivity index (χ2n) is 6.40. The summed E-state index contributed by atoms with van der Waals surface area (Å²) in [5, 5.41) is 5.72. The van der Waals surface area contributed by atoms with Gasteiger partial charge < -0.3 is 0 Å². The quantitative estimate of drug-likeness (QED) is 0.207. The summed E-state index contributed by atoms with van der Waals surface area (Å²) in [7, 11) is 3.51. The second kappa shape index (κ2) is 13.6. The summed E-state index contributed by atoms with van der Waals surface area (Å²) >= 11 is 4.09. The fourth-order valence-electron chi connectivity index (χ4n) is 3.20. The summed E-state index contributed by atoms with van der Waals surface area (Å²) in [4.78, 5) is 36.2. The Balaban J connectivity index is 2.31. The first-order valence-corrected chi connectivity index (χ1v) is 10.1. The van der Waals surface area contributed by atoms with E-state index in [1.807, 2.05) is 0 Å². The molecule has 0 aromatic heterocycles. The van der Waals surface area contributed by atoms with Crippen LogP contribution in [-0.2, 0) is 14.4 Å². The number of ketones is 2. The van der Waals surface area contributed by atoms with E-state index in [9.17, 15) is 14.4 Å². The van der Waals surface area contributed by atoms with Crippen LogP contribution in [0.1, 0.15) is 51.4 Å². The Hall–Kier alpha value is -0.585. The molecule has 0 bridgehead atoms. The van der Waals surface area contributed by atoms with E-state index in [1.165, 1.54) is 7.21 Å². The van der Waals surface area contributed by atoms with Crippen molar-refractivity contribution in [2.45, 2.75) is 51.4 Å². The van der Waals surface area contributed by atoms with Gasteiger partial charge in [-0.05, 0) is 12.2 Å². The molecule has 1 amide bonds. The number of amides is 1. The third-order valence-corrected chi connectivity index (χ3v) is 4.98. The molecule has 1 aliphatic rings. The predicted octanol–water partition coefficient (Wildman–Crippen LogP) is 1.72. The van der Waals surface area contributed by atoms with Crippen molar-refractivity contribution in [3.05, 3.63) is 0 Å². The van der Waals surface area contributed by atoms with Crippen LogP contribution in [0.15, 0.2) is 4.67 Å². The van der Waals surface area contributed by atoms with Crippen LogP contribution in [0.2, 0.25) is 0 Å². The molecular formula is C16H29BN3O3PS. The van der Waals surface area contributed by atoms with E-state index in [4.69, 9.17) is 0 Å². The van der Waals surface area contributed by atoms with E-state index < -0.39 is 0 Å². The van der Waals surface area contributed by atoms with E-state index in [0.717, 1.165) is 37.9 Å². The number of nitrogens with one attached hydrogen (secondary N) is 2. The van der Waals surface area contributed by atoms with Crippen LogP contribution in [0.5, 0.6) is 0 Å². The molecule has 6 nitrogen and oxygen atoms in total. The van der Waals surface area contributed by atoms with E-state index >= 15 is 0 Å². The Bertz CT molecular complexity index is 480. The zero-order chi connectivity index (χ0) is 18.5. The first kappa shape index (κ1) is 22.5. The summed E-state index contributed by atoms with van der Waals surface area (Å²) in [5.41, 5.74) is 0. The number of rotatable bonds is 12. The molecule has 0 aliphatic heterocycles. The maximum atomic E-state index is 12.5. The number of hydrogen-bond donors (Lipinski definition) is 3. The van der Waals surface area contributed by atoms with Gasteiger partial charge in [-0.15, -0.1) is 0 Å². The Morgan fingerprint density at radius 2 is 1.84 bits per heavy atom. The van der Waals surface area contributed by atoms with Crippen molar-refractivity contribution in [1.82, 2.24) is 10.5 Å². The van der Waals surface area contributed by atoms with Gasteiger partial charge in [0.1, 0.15) is 0 Å². The van der Waals surface area contributed by atoms with Crippen LogP contribution in [0.4, 0.5) is 0 Å². The zero-order valence-corrected chi connectivity index (χ0v) is 16.8. The van der Waals surface area contributed by atoms with Crippen molar-refractivity contribution in [3.8, 4) is 0 Å². The van der Waals surface area contributed by atoms with Crippen LogP contribution in [0.25, 0.3) is 0 Å². The molecule has 1 fully saturated rings. The van der Waals surface area contributed by atoms with Crippen LogP contribution >= 0.6 is 22.0 Å². The van der Waals surface area contributed by atoms with Crippen molar-refractivity contribution >= 4 is 46.7 Å². The molecular weight excluding hydrogens is 356 g/mol. The van der Waals surface area contributed by atoms with Crippen LogP contribution < -0.4 is 10.5 Å². The molecule has 1 saturated carbocycles. The maximum absolute atomic E-state index is 12.5. The molecule has 0 aromatic carbocycles. The molecule has 140 valence electrons. The summed E-state index contributed by atoms with van der Waals surface area (Å²) in [5.74, 6) is 0.506. The van der Waals surface area contributed by atoms with Crippen LogP contribution in [-0.4, -0.2) is 43.5 Å². The van der Waals surface area contributed by atoms with Gasteiger partial charge >= 0.3 is 134 Å². The Labute approximate surface area is 158 Å². The molecule has 3 atom stereocenters. The number of thiol groups is 1. The molecule has 1 aliphatic carbocycles. The van der Waals surface area contributed by atoms with Gasteiger partial charge in [0.25, 0.3) is 0 Å². The molecule has 2 N–H and O–H groups in total. The van der Waals surface area contributed by atoms with Crippen molar-refractivity contribution in [2.75, 3.05) is 18.8 Å². The molecule has 0 radical (unpaired) electrons. The summed E-state index contributed by atoms with van der Waals surface area (Å²) in [6.45, 7) is 0.993. The van der Waals surface area contributed by atoms with E-state index in [0.29, 0.717) is 32.4 Å². The molecule has 0 spiro atoms. The molecule has 0 saturated heterocycles. The van der Waals surface area contributed by atoms with Gasteiger partial charge in [-0.2, -0.15) is 12.6 Å². The number of Topliss-reactive ketones (excluding diaryl/α,β-unsaturated/α-hetero) is 2. The fourth-order valence-corrected chi connectivity index (χ4v) is 3.44. The van der Waals surface area contributed by atoms with Gasteiger partial charge in [-0.3, -0.25) is 0 Å². The number of carbonyl (C=O) groups is 3. The van der Waals surface area contributed by atoms with Gasteiger partial charge in [0.15, 0.2) is 0 Å². The van der Waals surface area contributed by atoms with Crippen LogP contribution in [0, 0.1) is 11.8 Å². The van der Waals surface area contributed by atoms with Gasteiger partial charge in [0, 0.05) is 0 Å². The van der Waals surface area contributed by atoms with E-state index in [1.54, 1.807) is 0 Å². The zero-order valence-electron chi connectivity index (χ0n) is 14.7. The van der Waals surface area contributed by atoms with Gasteiger partial charge in [0.05, 0.1) is 0 Å². The molecule has 1 unspecified atom stereocenters. The van der Waals surface area contributed by atoms with E-state index in [-0.39, 0.29) is 29.3 Å². The third kappa shape index (κ3) is 9.07. The van der Waals surface area contributed by atoms with Gasteiger partial charge in [-0.25, -0.2) is 0 Å².